The predicted octanol–water partition coefficient (Wildman–Crippen LogP) is 18.0. The molecule has 0 aromatic rings. The van der Waals surface area contributed by atoms with Crippen molar-refractivity contribution in [2.75, 3.05) is 5.33 Å². The minimum absolute atomic E-state index is 0.390. The molecule has 278 valence electrons. The second-order valence-electron chi connectivity index (χ2n) is 14.9. The molecule has 0 aliphatic carbocycles. The third-order valence-electron chi connectivity index (χ3n) is 10.2. The largest absolute Gasteiger partial charge is 0.113 e. The first kappa shape index (κ1) is 44.0. The Labute approximate surface area is 329 Å². The van der Waals surface area contributed by atoms with Gasteiger partial charge in [0.05, 0.1) is 0 Å². The second-order valence-corrected chi connectivity index (χ2v) is 28.4. The summed E-state index contributed by atoms with van der Waals surface area (Å²) in [6.07, 6.45) is 45.9. The van der Waals surface area contributed by atoms with Crippen LogP contribution < -0.4 is 0 Å². The summed E-state index contributed by atoms with van der Waals surface area (Å²) in [6.45, 7) is 7.04. The Kier molecular flexibility index (Phi) is 23.9. The first-order chi connectivity index (χ1) is 23.0. The molecule has 0 amide bonds. The third-order valence-corrected chi connectivity index (χ3v) is 23.0. The third kappa shape index (κ3) is 16.6. The fourth-order valence-electron chi connectivity index (χ4n) is 7.50. The highest BCUT2D eigenvalue weighted by atomic mass is 79.9. The van der Waals surface area contributed by atoms with E-state index in [4.69, 9.17) is 0 Å². The van der Waals surface area contributed by atoms with E-state index in [2.05, 4.69) is 107 Å². The Hall–Kier alpha value is 2.58. The van der Waals surface area contributed by atoms with Crippen molar-refractivity contribution >= 4 is 86.5 Å². The van der Waals surface area contributed by atoms with Crippen LogP contribution in [0.2, 0.25) is 0 Å². The van der Waals surface area contributed by atoms with E-state index in [0.717, 1.165) is 0 Å². The lowest BCUT2D eigenvalue weighted by molar-refractivity contribution is 0.567. The molecule has 4 fully saturated rings. The zero-order valence-electron chi connectivity index (χ0n) is 31.2. The summed E-state index contributed by atoms with van der Waals surface area (Å²) in [4.78, 5) is 0. The van der Waals surface area contributed by atoms with Crippen LogP contribution >= 0.6 is 86.5 Å². The van der Waals surface area contributed by atoms with E-state index in [1.54, 1.807) is 0 Å². The maximum atomic E-state index is 3.62. The van der Waals surface area contributed by atoms with E-state index in [9.17, 15) is 0 Å². The first-order valence-electron chi connectivity index (χ1n) is 20.8. The van der Waals surface area contributed by atoms with Gasteiger partial charge in [0, 0.05) is 5.33 Å². The summed E-state index contributed by atoms with van der Waals surface area (Å²) >= 11 is 18.5. The Morgan fingerprint density at radius 3 is 0.681 bits per heavy atom. The zero-order chi connectivity index (χ0) is 33.6. The van der Waals surface area contributed by atoms with Crippen molar-refractivity contribution in [3.05, 3.63) is 0 Å². The van der Waals surface area contributed by atoms with Crippen molar-refractivity contribution in [3.63, 3.8) is 0 Å². The topological polar surface area (TPSA) is 0 Å². The molecule has 0 radical (unpaired) electrons. The van der Waals surface area contributed by atoms with Crippen LogP contribution in [0, 0.1) is 0 Å². The van der Waals surface area contributed by atoms with Gasteiger partial charge in [-0.15, -0.1) is 70.6 Å². The van der Waals surface area contributed by atoms with Gasteiger partial charge in [-0.2, -0.15) is 0 Å². The molecular formula is C40H75BrS6. The van der Waals surface area contributed by atoms with Crippen LogP contribution in [0.5, 0.6) is 0 Å². The standard InChI is InChI=1S/C40H75BrS6/c1-4-7-10-13-17-22-27-32-37-42-38(33-28-23-18-14-11-8-5-2)44-39(43-37,34-29-24-19-15-12-9-6-3)47-40(45-37,46-38)35-30-25-20-16-21-26-31-36-41/h4-36H2,1-3H3. The second kappa shape index (κ2) is 25.6. The molecule has 4 aliphatic rings. The average molecular weight is 828 g/mol. The van der Waals surface area contributed by atoms with E-state index < -0.39 is 0 Å². The SMILES string of the molecule is CCCCCCCCCC12SC3(CCCCCCCCC)SC(CCCCCCCCC)(S1)SC(CCCCCCCCCBr)(S2)S3. The van der Waals surface area contributed by atoms with Gasteiger partial charge >= 0.3 is 0 Å². The summed E-state index contributed by atoms with van der Waals surface area (Å²) in [6, 6.07) is 0. The Bertz CT molecular complexity index is 688. The van der Waals surface area contributed by atoms with Gasteiger partial charge in [0.25, 0.3) is 0 Å². The molecule has 4 aliphatic heterocycles. The average Bonchev–Trinajstić information content (AvgIpc) is 3.04. The minimum atomic E-state index is 0.390. The van der Waals surface area contributed by atoms with Crippen LogP contribution in [0.4, 0.5) is 0 Å². The summed E-state index contributed by atoms with van der Waals surface area (Å²) in [5, 5.41) is 1.18. The van der Waals surface area contributed by atoms with Gasteiger partial charge in [-0.25, -0.2) is 0 Å². The van der Waals surface area contributed by atoms with Crippen molar-refractivity contribution in [2.24, 2.45) is 0 Å². The van der Waals surface area contributed by atoms with Crippen molar-refractivity contribution in [2.45, 2.75) is 240 Å². The highest BCUT2D eigenvalue weighted by Gasteiger charge is 2.71. The normalized spacial score (nSPS) is 28.1. The van der Waals surface area contributed by atoms with Gasteiger partial charge in [0.15, 0.2) is 0 Å². The van der Waals surface area contributed by atoms with Crippen LogP contribution in [0.1, 0.15) is 226 Å². The molecule has 0 spiro atoms. The number of thioether (sulfide) groups is 6. The van der Waals surface area contributed by atoms with Crippen LogP contribution in [-0.4, -0.2) is 19.0 Å². The lowest BCUT2D eigenvalue weighted by atomic mass is 10.1. The van der Waals surface area contributed by atoms with Crippen molar-refractivity contribution < 1.29 is 0 Å². The van der Waals surface area contributed by atoms with Gasteiger partial charge in [-0.1, -0.05) is 210 Å². The Morgan fingerprint density at radius 1 is 0.277 bits per heavy atom. The lowest BCUT2D eigenvalue weighted by Gasteiger charge is -2.67. The van der Waals surface area contributed by atoms with Crippen LogP contribution in [0.3, 0.4) is 0 Å². The minimum Gasteiger partial charge on any atom is -0.104 e. The number of alkyl halides is 1. The molecule has 0 nitrogen and oxygen atoms in total. The molecule has 0 saturated carbocycles. The van der Waals surface area contributed by atoms with Gasteiger partial charge in [0.2, 0.25) is 0 Å². The Morgan fingerprint density at radius 2 is 0.468 bits per heavy atom. The number of unbranched alkanes of at least 4 members (excludes halogenated alkanes) is 24. The van der Waals surface area contributed by atoms with Crippen molar-refractivity contribution in [3.8, 4) is 0 Å². The molecule has 4 saturated heterocycles. The summed E-state index contributed by atoms with van der Waals surface area (Å²) in [5.41, 5.74) is 0. The summed E-state index contributed by atoms with van der Waals surface area (Å²) in [5.74, 6) is 0. The zero-order valence-corrected chi connectivity index (χ0v) is 37.6. The molecule has 0 N–H and O–H groups in total. The highest BCUT2D eigenvalue weighted by Crippen LogP contribution is 2.91. The predicted molar refractivity (Wildman–Crippen MR) is 235 cm³/mol. The quantitative estimate of drug-likeness (QED) is 0.0474. The Balaban J connectivity index is 1.68. The molecule has 47 heavy (non-hydrogen) atoms. The lowest BCUT2D eigenvalue weighted by Crippen LogP contribution is -2.53. The maximum Gasteiger partial charge on any atom is 0.113 e. The van der Waals surface area contributed by atoms with E-state index in [-0.39, 0.29) is 0 Å². The number of hydrogen-bond acceptors (Lipinski definition) is 6. The fraction of sp³-hybridized carbons (Fsp3) is 1.00. The molecule has 0 aromatic carbocycles. The molecule has 4 bridgehead atoms. The number of halogens is 1. The first-order valence-corrected chi connectivity index (χ1v) is 26.8. The van der Waals surface area contributed by atoms with Crippen molar-refractivity contribution in [1.82, 2.24) is 0 Å². The molecule has 0 aromatic heterocycles. The van der Waals surface area contributed by atoms with E-state index in [0.29, 0.717) is 13.6 Å². The summed E-state index contributed by atoms with van der Waals surface area (Å²) < 4.78 is 1.57. The van der Waals surface area contributed by atoms with E-state index in [1.165, 1.54) is 211 Å². The smallest absolute Gasteiger partial charge is 0.104 e. The maximum absolute atomic E-state index is 3.62. The van der Waals surface area contributed by atoms with Crippen LogP contribution in [0.15, 0.2) is 0 Å². The van der Waals surface area contributed by atoms with Gasteiger partial charge in [-0.05, 0) is 32.1 Å². The highest BCUT2D eigenvalue weighted by molar-refractivity contribution is 9.09. The van der Waals surface area contributed by atoms with Crippen LogP contribution in [-0.2, 0) is 0 Å². The molecule has 0 atom stereocenters. The monoisotopic (exact) mass is 826 g/mol. The van der Waals surface area contributed by atoms with Gasteiger partial charge in [-0.3, -0.25) is 0 Å². The number of hydrogen-bond donors (Lipinski definition) is 0. The molecule has 0 unspecified atom stereocenters. The van der Waals surface area contributed by atoms with Crippen molar-refractivity contribution in [1.29, 1.82) is 0 Å². The molecule has 4 rings (SSSR count). The number of rotatable bonds is 33. The van der Waals surface area contributed by atoms with Gasteiger partial charge < -0.3 is 0 Å². The molecular weight excluding hydrogens is 753 g/mol. The molecule has 7 heteroatoms. The van der Waals surface area contributed by atoms with Gasteiger partial charge in [0.1, 0.15) is 13.6 Å². The van der Waals surface area contributed by atoms with E-state index >= 15 is 0 Å². The van der Waals surface area contributed by atoms with E-state index in [1.807, 2.05) is 0 Å². The molecule has 4 heterocycles. The van der Waals surface area contributed by atoms with Crippen LogP contribution in [0.25, 0.3) is 0 Å². The summed E-state index contributed by atoms with van der Waals surface area (Å²) in [7, 11) is 0. The fourth-order valence-corrected chi connectivity index (χ4v) is 29.7.